The Kier molecular flexibility index (Phi) is 5.19. The summed E-state index contributed by atoms with van der Waals surface area (Å²) >= 11 is 11.9. The third kappa shape index (κ3) is 3.96. The van der Waals surface area contributed by atoms with Crippen LogP contribution in [0.5, 0.6) is 5.88 Å². The lowest BCUT2D eigenvalue weighted by Crippen LogP contribution is -2.05. The number of rotatable bonds is 5. The molecule has 0 unspecified atom stereocenters. The van der Waals surface area contributed by atoms with Gasteiger partial charge in [-0.25, -0.2) is 9.97 Å². The zero-order valence-corrected chi connectivity index (χ0v) is 12.6. The number of nitrogen functional groups attached to an aromatic ring is 1. The molecule has 0 aliphatic carbocycles. The van der Waals surface area contributed by atoms with E-state index in [9.17, 15) is 0 Å². The van der Waals surface area contributed by atoms with E-state index in [-0.39, 0.29) is 18.3 Å². The minimum atomic E-state index is 0.209. The van der Waals surface area contributed by atoms with E-state index in [2.05, 4.69) is 20.0 Å². The van der Waals surface area contributed by atoms with E-state index < -0.39 is 0 Å². The van der Waals surface area contributed by atoms with Crippen LogP contribution in [-0.2, 0) is 11.4 Å². The van der Waals surface area contributed by atoms with Crippen LogP contribution in [0.25, 0.3) is 0 Å². The maximum absolute atomic E-state index is 6.08. The van der Waals surface area contributed by atoms with Crippen molar-refractivity contribution in [2.24, 2.45) is 5.16 Å². The van der Waals surface area contributed by atoms with E-state index in [0.717, 1.165) is 5.56 Å². The molecular weight excluding hydrogens is 315 g/mol. The first-order valence-corrected chi connectivity index (χ1v) is 6.61. The molecule has 0 amide bonds. The van der Waals surface area contributed by atoms with Gasteiger partial charge in [-0.2, -0.15) is 0 Å². The predicted octanol–water partition coefficient (Wildman–Crippen LogP) is 2.92. The number of hydrogen-bond acceptors (Lipinski definition) is 6. The molecule has 0 spiro atoms. The first kappa shape index (κ1) is 15.3. The van der Waals surface area contributed by atoms with E-state index in [4.69, 9.17) is 33.7 Å². The standard InChI is InChI=1S/C13H12Cl2N4O2/c1-20-19-5-10-12(16)17-7-18-13(10)21-6-8-2-3-9(14)4-11(8)15/h2-5,7H,6H2,1H3,(H2,16,17,18)/b19-5-. The lowest BCUT2D eigenvalue weighted by atomic mass is 10.2. The van der Waals surface area contributed by atoms with Crippen LogP contribution < -0.4 is 10.5 Å². The fourth-order valence-corrected chi connectivity index (χ4v) is 1.98. The number of aromatic nitrogens is 2. The lowest BCUT2D eigenvalue weighted by Gasteiger charge is -2.10. The Morgan fingerprint density at radius 1 is 1.33 bits per heavy atom. The topological polar surface area (TPSA) is 82.6 Å². The number of benzene rings is 1. The number of halogens is 2. The van der Waals surface area contributed by atoms with Crippen molar-refractivity contribution < 1.29 is 9.57 Å². The molecule has 0 radical (unpaired) electrons. The molecule has 0 saturated heterocycles. The highest BCUT2D eigenvalue weighted by Crippen LogP contribution is 2.24. The van der Waals surface area contributed by atoms with Crippen molar-refractivity contribution in [3.63, 3.8) is 0 Å². The Morgan fingerprint density at radius 2 is 2.14 bits per heavy atom. The second kappa shape index (κ2) is 7.10. The molecule has 0 fully saturated rings. The zero-order valence-electron chi connectivity index (χ0n) is 11.1. The molecule has 1 aromatic carbocycles. The Bertz CT molecular complexity index is 665. The number of ether oxygens (including phenoxy) is 1. The van der Waals surface area contributed by atoms with Crippen LogP contribution in [0.15, 0.2) is 29.7 Å². The van der Waals surface area contributed by atoms with Crippen LogP contribution in [-0.4, -0.2) is 23.3 Å². The average molecular weight is 327 g/mol. The van der Waals surface area contributed by atoms with Crippen LogP contribution >= 0.6 is 23.2 Å². The van der Waals surface area contributed by atoms with E-state index in [1.807, 2.05) is 0 Å². The van der Waals surface area contributed by atoms with Crippen LogP contribution in [0.1, 0.15) is 11.1 Å². The first-order chi connectivity index (χ1) is 10.1. The monoisotopic (exact) mass is 326 g/mol. The van der Waals surface area contributed by atoms with E-state index in [1.54, 1.807) is 18.2 Å². The van der Waals surface area contributed by atoms with Gasteiger partial charge >= 0.3 is 0 Å². The number of hydrogen-bond donors (Lipinski definition) is 1. The molecule has 0 bridgehead atoms. The van der Waals surface area contributed by atoms with Gasteiger partial charge < -0.3 is 15.3 Å². The summed E-state index contributed by atoms with van der Waals surface area (Å²) in [4.78, 5) is 12.5. The van der Waals surface area contributed by atoms with Gasteiger partial charge in [0, 0.05) is 15.6 Å². The lowest BCUT2D eigenvalue weighted by molar-refractivity contribution is 0.215. The fraction of sp³-hybridized carbons (Fsp3) is 0.154. The molecule has 0 aliphatic rings. The maximum atomic E-state index is 6.08. The molecule has 1 heterocycles. The molecule has 2 rings (SSSR count). The molecule has 2 N–H and O–H groups in total. The van der Waals surface area contributed by atoms with Gasteiger partial charge in [-0.05, 0) is 12.1 Å². The summed E-state index contributed by atoms with van der Waals surface area (Å²) in [5, 5.41) is 4.71. The normalized spacial score (nSPS) is 10.8. The van der Waals surface area contributed by atoms with Gasteiger partial charge in [0.15, 0.2) is 0 Å². The van der Waals surface area contributed by atoms with Crippen molar-refractivity contribution in [2.75, 3.05) is 12.8 Å². The third-order valence-electron chi connectivity index (χ3n) is 2.54. The first-order valence-electron chi connectivity index (χ1n) is 5.85. The third-order valence-corrected chi connectivity index (χ3v) is 3.13. The summed E-state index contributed by atoms with van der Waals surface area (Å²) in [6.45, 7) is 0.209. The molecule has 110 valence electrons. The second-order valence-electron chi connectivity index (χ2n) is 3.92. The van der Waals surface area contributed by atoms with Crippen LogP contribution in [0.2, 0.25) is 10.0 Å². The van der Waals surface area contributed by atoms with Crippen molar-refractivity contribution >= 4 is 35.2 Å². The van der Waals surface area contributed by atoms with Gasteiger partial charge in [0.1, 0.15) is 31.4 Å². The van der Waals surface area contributed by atoms with E-state index in [0.29, 0.717) is 15.6 Å². The number of oxime groups is 1. The number of nitrogens with zero attached hydrogens (tertiary/aromatic N) is 3. The SMILES string of the molecule is CO/N=C\c1c(N)ncnc1OCc1ccc(Cl)cc1Cl. The zero-order chi connectivity index (χ0) is 15.2. The molecule has 0 atom stereocenters. The molecule has 6 nitrogen and oxygen atoms in total. The summed E-state index contributed by atoms with van der Waals surface area (Å²) in [6.07, 6.45) is 2.69. The van der Waals surface area contributed by atoms with Gasteiger partial charge in [0.25, 0.3) is 0 Å². The Morgan fingerprint density at radius 3 is 2.86 bits per heavy atom. The Labute approximate surface area is 131 Å². The summed E-state index contributed by atoms with van der Waals surface area (Å²) < 4.78 is 5.62. The summed E-state index contributed by atoms with van der Waals surface area (Å²) in [5.74, 6) is 0.525. The fourth-order valence-electron chi connectivity index (χ4n) is 1.52. The summed E-state index contributed by atoms with van der Waals surface area (Å²) in [7, 11) is 1.42. The Balaban J connectivity index is 2.20. The van der Waals surface area contributed by atoms with Crippen molar-refractivity contribution in [1.82, 2.24) is 9.97 Å². The van der Waals surface area contributed by atoms with Gasteiger partial charge in [0.05, 0.1) is 6.21 Å². The van der Waals surface area contributed by atoms with Gasteiger partial charge in [-0.3, -0.25) is 0 Å². The van der Waals surface area contributed by atoms with E-state index >= 15 is 0 Å². The van der Waals surface area contributed by atoms with Gasteiger partial charge in [-0.15, -0.1) is 0 Å². The molecular formula is C13H12Cl2N4O2. The van der Waals surface area contributed by atoms with Crippen molar-refractivity contribution in [2.45, 2.75) is 6.61 Å². The molecule has 2 aromatic rings. The minimum Gasteiger partial charge on any atom is -0.472 e. The molecule has 0 aliphatic heterocycles. The highest BCUT2D eigenvalue weighted by molar-refractivity contribution is 6.35. The summed E-state index contributed by atoms with van der Waals surface area (Å²) in [6, 6.07) is 5.15. The molecule has 0 saturated carbocycles. The largest absolute Gasteiger partial charge is 0.472 e. The average Bonchev–Trinajstić information content (AvgIpc) is 2.45. The predicted molar refractivity (Wildman–Crippen MR) is 81.8 cm³/mol. The van der Waals surface area contributed by atoms with Crippen LogP contribution in [0, 0.1) is 0 Å². The second-order valence-corrected chi connectivity index (χ2v) is 4.76. The smallest absolute Gasteiger partial charge is 0.228 e. The Hall–Kier alpha value is -2.05. The van der Waals surface area contributed by atoms with Crippen molar-refractivity contribution in [1.29, 1.82) is 0 Å². The highest BCUT2D eigenvalue weighted by Gasteiger charge is 2.10. The van der Waals surface area contributed by atoms with Crippen molar-refractivity contribution in [3.8, 4) is 5.88 Å². The molecule has 1 aromatic heterocycles. The number of nitrogens with two attached hydrogens (primary N) is 1. The van der Waals surface area contributed by atoms with Crippen LogP contribution in [0.3, 0.4) is 0 Å². The molecule has 8 heteroatoms. The van der Waals surface area contributed by atoms with Gasteiger partial charge in [-0.1, -0.05) is 34.4 Å². The quantitative estimate of drug-likeness (QED) is 0.674. The van der Waals surface area contributed by atoms with Crippen molar-refractivity contribution in [3.05, 3.63) is 45.7 Å². The number of anilines is 1. The highest BCUT2D eigenvalue weighted by atomic mass is 35.5. The van der Waals surface area contributed by atoms with Gasteiger partial charge in [0.2, 0.25) is 5.88 Å². The molecule has 21 heavy (non-hydrogen) atoms. The van der Waals surface area contributed by atoms with E-state index in [1.165, 1.54) is 19.7 Å². The van der Waals surface area contributed by atoms with Crippen LogP contribution in [0.4, 0.5) is 5.82 Å². The minimum absolute atomic E-state index is 0.209. The maximum Gasteiger partial charge on any atom is 0.228 e. The summed E-state index contributed by atoms with van der Waals surface area (Å²) in [5.41, 5.74) is 6.97.